The quantitative estimate of drug-likeness (QED) is 0.457. The molecule has 10 heteroatoms. The zero-order valence-corrected chi connectivity index (χ0v) is 13.9. The van der Waals surface area contributed by atoms with Crippen LogP contribution in [0.5, 0.6) is 0 Å². The first-order chi connectivity index (χ1) is 9.76. The van der Waals surface area contributed by atoms with Gasteiger partial charge in [0, 0.05) is 21.3 Å². The SMILES string of the molecule is COC[C@H]1O[C@@H](OC(=N)C(Cl)(Cl)Cl)[C@H](F)[C@@H](OC)[C@H]1OC. The summed E-state index contributed by atoms with van der Waals surface area (Å²) in [5.74, 6) is -0.748. The fourth-order valence-electron chi connectivity index (χ4n) is 2.00. The van der Waals surface area contributed by atoms with Crippen LogP contribution in [0.4, 0.5) is 4.39 Å². The minimum absolute atomic E-state index is 0.117. The van der Waals surface area contributed by atoms with Crippen molar-refractivity contribution in [2.45, 2.75) is 34.6 Å². The molecule has 6 nitrogen and oxygen atoms in total. The average molecular weight is 369 g/mol. The van der Waals surface area contributed by atoms with Crippen molar-refractivity contribution in [3.05, 3.63) is 0 Å². The van der Waals surface area contributed by atoms with Gasteiger partial charge in [0.15, 0.2) is 6.17 Å². The highest BCUT2D eigenvalue weighted by Crippen LogP contribution is 2.32. The van der Waals surface area contributed by atoms with E-state index in [1.165, 1.54) is 21.3 Å². The molecule has 0 unspecified atom stereocenters. The van der Waals surface area contributed by atoms with Crippen LogP contribution in [0.25, 0.3) is 0 Å². The maximum absolute atomic E-state index is 14.4. The van der Waals surface area contributed by atoms with Gasteiger partial charge in [-0.3, -0.25) is 5.41 Å². The van der Waals surface area contributed by atoms with E-state index in [1.807, 2.05) is 0 Å². The van der Waals surface area contributed by atoms with Crippen molar-refractivity contribution in [3.8, 4) is 0 Å². The molecule has 0 spiro atoms. The molecule has 1 fully saturated rings. The van der Waals surface area contributed by atoms with Crippen molar-refractivity contribution in [2.75, 3.05) is 27.9 Å². The summed E-state index contributed by atoms with van der Waals surface area (Å²) in [5, 5.41) is 7.48. The Bertz CT molecular complexity index is 357. The maximum Gasteiger partial charge on any atom is 0.265 e. The van der Waals surface area contributed by atoms with Gasteiger partial charge in [-0.25, -0.2) is 4.39 Å². The fourth-order valence-corrected chi connectivity index (χ4v) is 2.13. The van der Waals surface area contributed by atoms with Crippen LogP contribution < -0.4 is 0 Å². The van der Waals surface area contributed by atoms with Gasteiger partial charge in [-0.1, -0.05) is 34.8 Å². The first-order valence-corrected chi connectivity index (χ1v) is 7.06. The van der Waals surface area contributed by atoms with Gasteiger partial charge in [0.25, 0.3) is 3.79 Å². The molecule has 0 radical (unpaired) electrons. The summed E-state index contributed by atoms with van der Waals surface area (Å²) < 4.78 is 37.9. The van der Waals surface area contributed by atoms with Crippen LogP contribution in [-0.2, 0) is 23.7 Å². The van der Waals surface area contributed by atoms with Crippen LogP contribution in [0.2, 0.25) is 0 Å². The molecule has 1 saturated heterocycles. The summed E-state index contributed by atoms with van der Waals surface area (Å²) in [6.07, 6.45) is -5.54. The summed E-state index contributed by atoms with van der Waals surface area (Å²) in [6, 6.07) is 0. The molecular weight excluding hydrogens is 351 g/mol. The molecule has 1 N–H and O–H groups in total. The highest BCUT2D eigenvalue weighted by molar-refractivity contribution is 6.76. The van der Waals surface area contributed by atoms with Gasteiger partial charge in [-0.2, -0.15) is 0 Å². The summed E-state index contributed by atoms with van der Waals surface area (Å²) in [6.45, 7) is 0.117. The number of alkyl halides is 4. The molecule has 1 rings (SSSR count). The second-order valence-corrected chi connectivity index (χ2v) is 6.57. The smallest absolute Gasteiger partial charge is 0.265 e. The lowest BCUT2D eigenvalue weighted by Gasteiger charge is -2.42. The maximum atomic E-state index is 14.4. The number of hydrogen-bond acceptors (Lipinski definition) is 6. The molecular formula is C11H17Cl3FNO5. The Balaban J connectivity index is 2.87. The number of hydrogen-bond donors (Lipinski definition) is 1. The second kappa shape index (κ2) is 8.10. The Labute approximate surface area is 137 Å². The van der Waals surface area contributed by atoms with E-state index < -0.39 is 40.5 Å². The largest absolute Gasteiger partial charge is 0.445 e. The van der Waals surface area contributed by atoms with Gasteiger partial charge in [-0.15, -0.1) is 0 Å². The van der Waals surface area contributed by atoms with Crippen LogP contribution in [0, 0.1) is 5.41 Å². The predicted molar refractivity (Wildman–Crippen MR) is 76.1 cm³/mol. The monoisotopic (exact) mass is 367 g/mol. The van der Waals surface area contributed by atoms with E-state index in [0.717, 1.165) is 0 Å². The number of nitrogens with one attached hydrogen (secondary N) is 1. The molecule has 0 aliphatic carbocycles. The zero-order chi connectivity index (χ0) is 16.2. The minimum Gasteiger partial charge on any atom is -0.445 e. The third-order valence-electron chi connectivity index (χ3n) is 2.94. The van der Waals surface area contributed by atoms with E-state index in [1.54, 1.807) is 0 Å². The number of methoxy groups -OCH3 is 3. The Morgan fingerprint density at radius 1 is 1.19 bits per heavy atom. The van der Waals surface area contributed by atoms with Crippen molar-refractivity contribution in [1.82, 2.24) is 0 Å². The minimum atomic E-state index is -2.11. The lowest BCUT2D eigenvalue weighted by Crippen LogP contribution is -2.59. The third kappa shape index (κ3) is 4.79. The Morgan fingerprint density at radius 2 is 1.76 bits per heavy atom. The molecule has 5 atom stereocenters. The molecule has 124 valence electrons. The van der Waals surface area contributed by atoms with Crippen LogP contribution in [0.15, 0.2) is 0 Å². The van der Waals surface area contributed by atoms with Crippen molar-refractivity contribution in [2.24, 2.45) is 0 Å². The number of halogens is 4. The molecule has 1 heterocycles. The fraction of sp³-hybridized carbons (Fsp3) is 0.909. The van der Waals surface area contributed by atoms with Crippen molar-refractivity contribution >= 4 is 40.7 Å². The Hall–Kier alpha value is 0.110. The number of rotatable bonds is 5. The van der Waals surface area contributed by atoms with E-state index in [9.17, 15) is 4.39 Å². The standard InChI is InChI=1S/C11H17Cl3FNO5/c1-17-4-5-7(18-2)8(19-3)6(15)9(20-5)21-10(16)11(12,13)14/h5-9,16H,4H2,1-3H3/t5-,6-,7+,8-,9+/m1/s1. The second-order valence-electron chi connectivity index (χ2n) is 4.29. The Kier molecular flexibility index (Phi) is 7.39. The van der Waals surface area contributed by atoms with Crippen LogP contribution in [0.1, 0.15) is 0 Å². The van der Waals surface area contributed by atoms with Crippen LogP contribution in [-0.4, -0.2) is 68.4 Å². The van der Waals surface area contributed by atoms with Gasteiger partial charge in [0.1, 0.15) is 18.3 Å². The first kappa shape index (κ1) is 19.2. The first-order valence-electron chi connectivity index (χ1n) is 5.92. The van der Waals surface area contributed by atoms with E-state index in [4.69, 9.17) is 63.9 Å². The summed E-state index contributed by atoms with van der Waals surface area (Å²) in [7, 11) is 4.19. The van der Waals surface area contributed by atoms with E-state index in [-0.39, 0.29) is 6.61 Å². The lowest BCUT2D eigenvalue weighted by atomic mass is 9.99. The topological polar surface area (TPSA) is 70.0 Å². The van der Waals surface area contributed by atoms with Crippen molar-refractivity contribution in [3.63, 3.8) is 0 Å². The van der Waals surface area contributed by atoms with Crippen molar-refractivity contribution in [1.29, 1.82) is 5.41 Å². The van der Waals surface area contributed by atoms with Gasteiger partial charge >= 0.3 is 0 Å². The zero-order valence-electron chi connectivity index (χ0n) is 11.6. The van der Waals surface area contributed by atoms with Gasteiger partial charge in [0.05, 0.1) is 6.61 Å². The molecule has 0 bridgehead atoms. The number of ether oxygens (including phenoxy) is 5. The molecule has 0 aromatic rings. The predicted octanol–water partition coefficient (Wildman–Crippen LogP) is 2.09. The molecule has 0 aromatic carbocycles. The molecule has 21 heavy (non-hydrogen) atoms. The lowest BCUT2D eigenvalue weighted by molar-refractivity contribution is -0.276. The summed E-state index contributed by atoms with van der Waals surface area (Å²) in [5.41, 5.74) is 0. The summed E-state index contributed by atoms with van der Waals surface area (Å²) in [4.78, 5) is 0. The molecule has 1 aliphatic rings. The third-order valence-corrected chi connectivity index (χ3v) is 3.45. The average Bonchev–Trinajstić information content (AvgIpc) is 2.40. The summed E-state index contributed by atoms with van der Waals surface area (Å²) >= 11 is 16.5. The Morgan fingerprint density at radius 3 is 2.19 bits per heavy atom. The van der Waals surface area contributed by atoms with Gasteiger partial charge < -0.3 is 23.7 Å². The van der Waals surface area contributed by atoms with Crippen molar-refractivity contribution < 1.29 is 28.1 Å². The highest BCUT2D eigenvalue weighted by Gasteiger charge is 2.49. The van der Waals surface area contributed by atoms with Crippen LogP contribution in [0.3, 0.4) is 0 Å². The van der Waals surface area contributed by atoms with Gasteiger partial charge in [0.2, 0.25) is 12.2 Å². The molecule has 0 aromatic heterocycles. The molecule has 0 saturated carbocycles. The van der Waals surface area contributed by atoms with E-state index >= 15 is 0 Å². The normalized spacial score (nSPS) is 33.8. The highest BCUT2D eigenvalue weighted by atomic mass is 35.6. The van der Waals surface area contributed by atoms with Crippen LogP contribution >= 0.6 is 34.8 Å². The molecule has 0 amide bonds. The molecule has 1 aliphatic heterocycles. The van der Waals surface area contributed by atoms with E-state index in [2.05, 4.69) is 0 Å². The van der Waals surface area contributed by atoms with Gasteiger partial charge in [-0.05, 0) is 0 Å². The van der Waals surface area contributed by atoms with E-state index in [0.29, 0.717) is 0 Å².